The second kappa shape index (κ2) is 6.69. The van der Waals surface area contributed by atoms with Gasteiger partial charge in [0, 0.05) is 36.7 Å². The highest BCUT2D eigenvalue weighted by atomic mass is 16.3. The number of amides is 3. The Hall–Kier alpha value is -3.68. The van der Waals surface area contributed by atoms with Crippen molar-refractivity contribution in [3.63, 3.8) is 0 Å². The molecule has 0 spiro atoms. The SMILES string of the molecule is Cc1occc1-c1c(-c2ccc3c(c2)CN([C@H]2CCC(=O)NC2=O)C3=O)cnn1C. The number of aromatic nitrogens is 2. The van der Waals surface area contributed by atoms with Crippen molar-refractivity contribution in [1.82, 2.24) is 20.0 Å². The van der Waals surface area contributed by atoms with Gasteiger partial charge in [-0.05, 0) is 42.7 Å². The molecule has 30 heavy (non-hydrogen) atoms. The molecule has 3 amide bonds. The number of piperidine rings is 1. The fourth-order valence-corrected chi connectivity index (χ4v) is 4.34. The van der Waals surface area contributed by atoms with Crippen LogP contribution in [-0.4, -0.2) is 38.4 Å². The molecule has 2 aliphatic rings. The summed E-state index contributed by atoms with van der Waals surface area (Å²) in [7, 11) is 1.88. The van der Waals surface area contributed by atoms with Crippen LogP contribution in [0.25, 0.3) is 22.4 Å². The van der Waals surface area contributed by atoms with Crippen LogP contribution in [0.5, 0.6) is 0 Å². The monoisotopic (exact) mass is 404 g/mol. The first-order valence-corrected chi connectivity index (χ1v) is 9.78. The molecule has 4 heterocycles. The lowest BCUT2D eigenvalue weighted by molar-refractivity contribution is -0.136. The number of hydrogen-bond donors (Lipinski definition) is 1. The average molecular weight is 404 g/mol. The van der Waals surface area contributed by atoms with Crippen molar-refractivity contribution in [2.24, 2.45) is 7.05 Å². The third-order valence-electron chi connectivity index (χ3n) is 5.89. The van der Waals surface area contributed by atoms with Crippen molar-refractivity contribution in [2.75, 3.05) is 0 Å². The third kappa shape index (κ3) is 2.75. The zero-order valence-corrected chi connectivity index (χ0v) is 16.6. The van der Waals surface area contributed by atoms with Gasteiger partial charge in [0.2, 0.25) is 11.8 Å². The predicted molar refractivity (Wildman–Crippen MR) is 107 cm³/mol. The molecule has 2 aliphatic heterocycles. The molecule has 1 fully saturated rings. The molecular weight excluding hydrogens is 384 g/mol. The molecule has 0 radical (unpaired) electrons. The molecule has 0 bridgehead atoms. The first-order valence-electron chi connectivity index (χ1n) is 9.78. The van der Waals surface area contributed by atoms with Crippen LogP contribution in [0.3, 0.4) is 0 Å². The van der Waals surface area contributed by atoms with E-state index < -0.39 is 11.9 Å². The average Bonchev–Trinajstić information content (AvgIpc) is 3.39. The van der Waals surface area contributed by atoms with Gasteiger partial charge in [-0.3, -0.25) is 24.4 Å². The molecule has 8 nitrogen and oxygen atoms in total. The Kier molecular flexibility index (Phi) is 4.09. The predicted octanol–water partition coefficient (Wildman–Crippen LogP) is 2.42. The smallest absolute Gasteiger partial charge is 0.255 e. The fraction of sp³-hybridized carbons (Fsp3) is 0.273. The van der Waals surface area contributed by atoms with Crippen LogP contribution in [-0.2, 0) is 23.2 Å². The first kappa shape index (κ1) is 18.4. The van der Waals surface area contributed by atoms with Gasteiger partial charge in [0.15, 0.2) is 0 Å². The van der Waals surface area contributed by atoms with Crippen molar-refractivity contribution >= 4 is 17.7 Å². The largest absolute Gasteiger partial charge is 0.469 e. The minimum Gasteiger partial charge on any atom is -0.469 e. The summed E-state index contributed by atoms with van der Waals surface area (Å²) in [5.74, 6) is -0.0673. The molecule has 0 aliphatic carbocycles. The minimum atomic E-state index is -0.617. The highest BCUT2D eigenvalue weighted by molar-refractivity contribution is 6.05. The topological polar surface area (TPSA) is 97.4 Å². The number of carbonyl (C=O) groups excluding carboxylic acids is 3. The lowest BCUT2D eigenvalue weighted by atomic mass is 9.98. The molecule has 1 atom stereocenters. The van der Waals surface area contributed by atoms with E-state index in [1.165, 1.54) is 0 Å². The van der Waals surface area contributed by atoms with Gasteiger partial charge in [-0.15, -0.1) is 0 Å². The van der Waals surface area contributed by atoms with Gasteiger partial charge in [0.1, 0.15) is 11.8 Å². The normalized spacial score (nSPS) is 18.7. The van der Waals surface area contributed by atoms with E-state index in [0.29, 0.717) is 18.5 Å². The fourth-order valence-electron chi connectivity index (χ4n) is 4.34. The van der Waals surface area contributed by atoms with Crippen LogP contribution in [0.1, 0.15) is 34.5 Å². The van der Waals surface area contributed by atoms with Crippen LogP contribution in [0.15, 0.2) is 41.1 Å². The number of nitrogens with one attached hydrogen (secondary N) is 1. The van der Waals surface area contributed by atoms with Gasteiger partial charge in [-0.2, -0.15) is 5.10 Å². The quantitative estimate of drug-likeness (QED) is 0.676. The molecule has 152 valence electrons. The van der Waals surface area contributed by atoms with Gasteiger partial charge in [-0.25, -0.2) is 0 Å². The molecule has 1 saturated heterocycles. The van der Waals surface area contributed by atoms with E-state index >= 15 is 0 Å². The van der Waals surface area contributed by atoms with Crippen molar-refractivity contribution in [3.8, 4) is 22.4 Å². The summed E-state index contributed by atoms with van der Waals surface area (Å²) in [6, 6.07) is 6.99. The molecule has 0 unspecified atom stereocenters. The Bertz CT molecular complexity index is 1210. The highest BCUT2D eigenvalue weighted by Crippen LogP contribution is 2.36. The van der Waals surface area contributed by atoms with Crippen LogP contribution in [0.2, 0.25) is 0 Å². The number of rotatable bonds is 3. The summed E-state index contributed by atoms with van der Waals surface area (Å²) in [5, 5.41) is 6.75. The first-order chi connectivity index (χ1) is 14.4. The maximum absolute atomic E-state index is 12.9. The molecule has 8 heteroatoms. The lowest BCUT2D eigenvalue weighted by Gasteiger charge is -2.29. The standard InChI is InChI=1S/C22H20N4O4/c1-12-15(7-8-30-12)20-17(10-23-25(20)2)13-3-4-16-14(9-13)11-26(22(16)29)18-5-6-19(27)24-21(18)28/h3-4,7-10,18H,5-6,11H2,1-2H3,(H,24,27,28)/t18-/m0/s1. The second-order valence-corrected chi connectivity index (χ2v) is 7.69. The van der Waals surface area contributed by atoms with Gasteiger partial charge in [0.25, 0.3) is 5.91 Å². The van der Waals surface area contributed by atoms with E-state index in [4.69, 9.17) is 4.42 Å². The Morgan fingerprint density at radius 1 is 1.13 bits per heavy atom. The van der Waals surface area contributed by atoms with E-state index in [1.807, 2.05) is 32.2 Å². The highest BCUT2D eigenvalue weighted by Gasteiger charge is 2.39. The molecule has 1 aromatic carbocycles. The molecule has 2 aromatic heterocycles. The van der Waals surface area contributed by atoms with Crippen molar-refractivity contribution in [3.05, 3.63) is 53.6 Å². The van der Waals surface area contributed by atoms with Crippen molar-refractivity contribution in [1.29, 1.82) is 0 Å². The summed E-state index contributed by atoms with van der Waals surface area (Å²) in [5.41, 5.74) is 5.24. The Balaban J connectivity index is 1.50. The third-order valence-corrected chi connectivity index (χ3v) is 5.89. The number of nitrogens with zero attached hydrogens (tertiary/aromatic N) is 3. The minimum absolute atomic E-state index is 0.178. The summed E-state index contributed by atoms with van der Waals surface area (Å²) in [4.78, 5) is 38.1. The number of furan rings is 1. The van der Waals surface area contributed by atoms with E-state index in [-0.39, 0.29) is 18.2 Å². The van der Waals surface area contributed by atoms with E-state index in [1.54, 1.807) is 28.1 Å². The van der Waals surface area contributed by atoms with Gasteiger partial charge >= 0.3 is 0 Å². The number of carbonyl (C=O) groups is 3. The van der Waals surface area contributed by atoms with Gasteiger partial charge < -0.3 is 9.32 Å². The molecule has 0 saturated carbocycles. The summed E-state index contributed by atoms with van der Waals surface area (Å²) in [6.07, 6.45) is 4.05. The van der Waals surface area contributed by atoms with Gasteiger partial charge in [0.05, 0.1) is 18.2 Å². The Morgan fingerprint density at radius 3 is 2.70 bits per heavy atom. The number of aryl methyl sites for hydroxylation is 2. The molecule has 1 N–H and O–H groups in total. The van der Waals surface area contributed by atoms with Gasteiger partial charge in [-0.1, -0.05) is 6.07 Å². The van der Waals surface area contributed by atoms with Crippen molar-refractivity contribution < 1.29 is 18.8 Å². The molecular formula is C22H20N4O4. The van der Waals surface area contributed by atoms with E-state index in [2.05, 4.69) is 10.4 Å². The van der Waals surface area contributed by atoms with E-state index in [9.17, 15) is 14.4 Å². The van der Waals surface area contributed by atoms with Crippen molar-refractivity contribution in [2.45, 2.75) is 32.4 Å². The van der Waals surface area contributed by atoms with Crippen LogP contribution in [0.4, 0.5) is 0 Å². The maximum Gasteiger partial charge on any atom is 0.255 e. The number of fused-ring (bicyclic) bond motifs is 1. The molecule has 5 rings (SSSR count). The van der Waals surface area contributed by atoms with Crippen LogP contribution in [0, 0.1) is 6.92 Å². The Morgan fingerprint density at radius 2 is 1.97 bits per heavy atom. The summed E-state index contributed by atoms with van der Waals surface area (Å²) in [6.45, 7) is 2.25. The lowest BCUT2D eigenvalue weighted by Crippen LogP contribution is -2.52. The number of benzene rings is 1. The number of imide groups is 1. The van der Waals surface area contributed by atoms with Crippen LogP contribution >= 0.6 is 0 Å². The Labute approximate surface area is 172 Å². The second-order valence-electron chi connectivity index (χ2n) is 7.69. The maximum atomic E-state index is 12.9. The summed E-state index contributed by atoms with van der Waals surface area (Å²) < 4.78 is 7.27. The summed E-state index contributed by atoms with van der Waals surface area (Å²) >= 11 is 0. The molecule has 3 aromatic rings. The zero-order chi connectivity index (χ0) is 21.0. The zero-order valence-electron chi connectivity index (χ0n) is 16.6. The number of hydrogen-bond acceptors (Lipinski definition) is 5. The van der Waals surface area contributed by atoms with E-state index in [0.717, 1.165) is 33.7 Å². The van der Waals surface area contributed by atoms with Crippen LogP contribution < -0.4 is 5.32 Å².